The molecule has 0 heterocycles. The number of nitrogens with zero attached hydrogens (tertiary/aromatic N) is 1. The molecule has 0 fully saturated rings. The van der Waals surface area contributed by atoms with Gasteiger partial charge in [-0.15, -0.1) is 0 Å². The highest BCUT2D eigenvalue weighted by molar-refractivity contribution is 9.10. The molecule has 0 aliphatic heterocycles. The fraction of sp³-hybridized carbons (Fsp3) is 0.0714. The van der Waals surface area contributed by atoms with Crippen LogP contribution in [0.5, 0.6) is 0 Å². The number of nitrogens with one attached hydrogen (secondary N) is 1. The molecular weight excluding hydrogens is 276 g/mol. The Kier molecular flexibility index (Phi) is 3.46. The molecule has 0 aliphatic rings. The molecule has 0 amide bonds. The summed E-state index contributed by atoms with van der Waals surface area (Å²) in [4.78, 5) is 0. The molecule has 3 heteroatoms. The monoisotopic (exact) mass is 286 g/mol. The van der Waals surface area contributed by atoms with Gasteiger partial charge in [0.15, 0.2) is 0 Å². The van der Waals surface area contributed by atoms with Gasteiger partial charge in [0.1, 0.15) is 6.07 Å². The van der Waals surface area contributed by atoms with Crippen molar-refractivity contribution >= 4 is 27.3 Å². The maximum absolute atomic E-state index is 9.05. The van der Waals surface area contributed by atoms with Crippen molar-refractivity contribution in [1.82, 2.24) is 0 Å². The Labute approximate surface area is 109 Å². The quantitative estimate of drug-likeness (QED) is 0.890. The lowest BCUT2D eigenvalue weighted by Gasteiger charge is -2.10. The van der Waals surface area contributed by atoms with Crippen LogP contribution in [0.25, 0.3) is 0 Å². The lowest BCUT2D eigenvalue weighted by atomic mass is 10.1. The lowest BCUT2D eigenvalue weighted by Crippen LogP contribution is -1.95. The molecule has 84 valence electrons. The van der Waals surface area contributed by atoms with Crippen molar-refractivity contribution < 1.29 is 0 Å². The minimum Gasteiger partial charge on any atom is -0.354 e. The van der Waals surface area contributed by atoms with Gasteiger partial charge in [-0.05, 0) is 52.7 Å². The minimum absolute atomic E-state index is 0.645. The zero-order valence-electron chi connectivity index (χ0n) is 9.37. The van der Waals surface area contributed by atoms with Crippen LogP contribution in [0.1, 0.15) is 11.1 Å². The molecule has 2 nitrogen and oxygen atoms in total. The van der Waals surface area contributed by atoms with E-state index >= 15 is 0 Å². The maximum Gasteiger partial charge on any atom is 0.101 e. The first-order chi connectivity index (χ1) is 8.20. The van der Waals surface area contributed by atoms with E-state index in [4.69, 9.17) is 5.26 Å². The molecule has 17 heavy (non-hydrogen) atoms. The van der Waals surface area contributed by atoms with E-state index in [2.05, 4.69) is 27.3 Å². The normalized spacial score (nSPS) is 9.71. The highest BCUT2D eigenvalue weighted by Crippen LogP contribution is 2.27. The topological polar surface area (TPSA) is 35.8 Å². The number of hydrogen-bond acceptors (Lipinski definition) is 2. The third-order valence-corrected chi connectivity index (χ3v) is 3.13. The number of nitriles is 1. The van der Waals surface area contributed by atoms with E-state index < -0.39 is 0 Å². The van der Waals surface area contributed by atoms with Gasteiger partial charge in [-0.2, -0.15) is 5.26 Å². The highest BCUT2D eigenvalue weighted by atomic mass is 79.9. The van der Waals surface area contributed by atoms with Crippen LogP contribution in [0.3, 0.4) is 0 Å². The summed E-state index contributed by atoms with van der Waals surface area (Å²) >= 11 is 3.47. The first-order valence-electron chi connectivity index (χ1n) is 5.23. The highest BCUT2D eigenvalue weighted by Gasteiger charge is 2.04. The Morgan fingerprint density at radius 1 is 1.12 bits per heavy atom. The van der Waals surface area contributed by atoms with E-state index in [0.717, 1.165) is 21.4 Å². The first-order valence-corrected chi connectivity index (χ1v) is 6.02. The second-order valence-electron chi connectivity index (χ2n) is 3.77. The Hall–Kier alpha value is -1.79. The number of benzene rings is 2. The zero-order valence-corrected chi connectivity index (χ0v) is 11.0. The standard InChI is InChI=1S/C14H11BrN2/c1-10-6-7-11(9-16)14(8-10)17-13-5-3-2-4-12(13)15/h2-8,17H,1H3. The van der Waals surface area contributed by atoms with E-state index in [-0.39, 0.29) is 0 Å². The third kappa shape index (κ3) is 2.66. The summed E-state index contributed by atoms with van der Waals surface area (Å²) in [6, 6.07) is 15.8. The Balaban J connectivity index is 2.40. The summed E-state index contributed by atoms with van der Waals surface area (Å²) in [6.07, 6.45) is 0. The summed E-state index contributed by atoms with van der Waals surface area (Å²) in [5.41, 5.74) is 3.55. The van der Waals surface area contributed by atoms with Crippen LogP contribution in [-0.2, 0) is 0 Å². The van der Waals surface area contributed by atoms with Crippen LogP contribution in [0.2, 0.25) is 0 Å². The predicted molar refractivity (Wildman–Crippen MR) is 73.3 cm³/mol. The third-order valence-electron chi connectivity index (χ3n) is 2.44. The molecule has 0 atom stereocenters. The van der Waals surface area contributed by atoms with E-state index in [0.29, 0.717) is 5.56 Å². The van der Waals surface area contributed by atoms with Crippen molar-refractivity contribution in [1.29, 1.82) is 5.26 Å². The Morgan fingerprint density at radius 3 is 2.59 bits per heavy atom. The molecule has 0 spiro atoms. The summed E-state index contributed by atoms with van der Waals surface area (Å²) in [5, 5.41) is 12.3. The van der Waals surface area contributed by atoms with Crippen LogP contribution in [0, 0.1) is 18.3 Å². The second kappa shape index (κ2) is 5.03. The van der Waals surface area contributed by atoms with Gasteiger partial charge in [-0.3, -0.25) is 0 Å². The fourth-order valence-electron chi connectivity index (χ4n) is 1.57. The average Bonchev–Trinajstić information content (AvgIpc) is 2.32. The first kappa shape index (κ1) is 11.7. The minimum atomic E-state index is 0.645. The van der Waals surface area contributed by atoms with Crippen molar-refractivity contribution in [2.45, 2.75) is 6.92 Å². The van der Waals surface area contributed by atoms with Gasteiger partial charge in [-0.1, -0.05) is 18.2 Å². The van der Waals surface area contributed by atoms with Gasteiger partial charge in [-0.25, -0.2) is 0 Å². The average molecular weight is 287 g/mol. The van der Waals surface area contributed by atoms with Crippen molar-refractivity contribution in [2.75, 3.05) is 5.32 Å². The molecule has 0 aromatic heterocycles. The lowest BCUT2D eigenvalue weighted by molar-refractivity contribution is 1.40. The van der Waals surface area contributed by atoms with Gasteiger partial charge in [0.05, 0.1) is 16.9 Å². The van der Waals surface area contributed by atoms with Gasteiger partial charge < -0.3 is 5.32 Å². The van der Waals surface area contributed by atoms with E-state index in [1.165, 1.54) is 0 Å². The summed E-state index contributed by atoms with van der Waals surface area (Å²) in [5.74, 6) is 0. The summed E-state index contributed by atoms with van der Waals surface area (Å²) in [7, 11) is 0. The van der Waals surface area contributed by atoms with Crippen LogP contribution in [0.15, 0.2) is 46.9 Å². The number of halogens is 1. The SMILES string of the molecule is Cc1ccc(C#N)c(Nc2ccccc2Br)c1. The number of rotatable bonds is 2. The number of anilines is 2. The molecule has 0 aliphatic carbocycles. The molecule has 2 aromatic rings. The van der Waals surface area contributed by atoms with Gasteiger partial charge >= 0.3 is 0 Å². The molecule has 0 saturated carbocycles. The Bertz CT molecular complexity index is 585. The molecule has 0 unspecified atom stereocenters. The van der Waals surface area contributed by atoms with Gasteiger partial charge in [0, 0.05) is 4.47 Å². The van der Waals surface area contributed by atoms with Crippen molar-refractivity contribution in [3.8, 4) is 6.07 Å². The van der Waals surface area contributed by atoms with Crippen LogP contribution >= 0.6 is 15.9 Å². The predicted octanol–water partition coefficient (Wildman–Crippen LogP) is 4.37. The van der Waals surface area contributed by atoms with Crippen LogP contribution < -0.4 is 5.32 Å². The van der Waals surface area contributed by atoms with Crippen molar-refractivity contribution in [2.24, 2.45) is 0 Å². The fourth-order valence-corrected chi connectivity index (χ4v) is 1.95. The summed E-state index contributed by atoms with van der Waals surface area (Å²) < 4.78 is 0.977. The molecule has 0 bridgehead atoms. The van der Waals surface area contributed by atoms with Gasteiger partial charge in [0.2, 0.25) is 0 Å². The Morgan fingerprint density at radius 2 is 1.88 bits per heavy atom. The molecule has 2 aromatic carbocycles. The molecule has 0 radical (unpaired) electrons. The molecular formula is C14H11BrN2. The van der Waals surface area contributed by atoms with Crippen LogP contribution in [-0.4, -0.2) is 0 Å². The van der Waals surface area contributed by atoms with Crippen LogP contribution in [0.4, 0.5) is 11.4 Å². The van der Waals surface area contributed by atoms with Crippen molar-refractivity contribution in [3.63, 3.8) is 0 Å². The maximum atomic E-state index is 9.05. The summed E-state index contributed by atoms with van der Waals surface area (Å²) in [6.45, 7) is 2.01. The largest absolute Gasteiger partial charge is 0.354 e. The number of aryl methyl sites for hydroxylation is 1. The molecule has 2 rings (SSSR count). The second-order valence-corrected chi connectivity index (χ2v) is 4.62. The number of para-hydroxylation sites is 1. The zero-order chi connectivity index (χ0) is 12.3. The molecule has 0 saturated heterocycles. The van der Waals surface area contributed by atoms with Gasteiger partial charge in [0.25, 0.3) is 0 Å². The smallest absolute Gasteiger partial charge is 0.101 e. The van der Waals surface area contributed by atoms with Crippen molar-refractivity contribution in [3.05, 3.63) is 58.1 Å². The van der Waals surface area contributed by atoms with E-state index in [9.17, 15) is 0 Å². The molecule has 1 N–H and O–H groups in total. The van der Waals surface area contributed by atoms with E-state index in [1.807, 2.05) is 49.4 Å². The van der Waals surface area contributed by atoms with E-state index in [1.54, 1.807) is 0 Å². The number of hydrogen-bond donors (Lipinski definition) is 1.